The van der Waals surface area contributed by atoms with Gasteiger partial charge in [-0.1, -0.05) is 23.7 Å². The number of carbonyl (C=O) groups excluding carboxylic acids is 2. The maximum absolute atomic E-state index is 12.3. The average molecular weight is 378 g/mol. The van der Waals surface area contributed by atoms with E-state index in [1.807, 2.05) is 29.2 Å². The first-order chi connectivity index (χ1) is 12.6. The molecule has 0 aromatic heterocycles. The van der Waals surface area contributed by atoms with Gasteiger partial charge in [0.2, 0.25) is 11.8 Å². The van der Waals surface area contributed by atoms with Crippen LogP contribution in [0.25, 0.3) is 0 Å². The van der Waals surface area contributed by atoms with Gasteiger partial charge in [-0.15, -0.1) is 0 Å². The molecular formula is C19H24ClN3O3. The Bertz CT molecular complexity index is 652. The SMILES string of the molecule is N#CCC(=O)NCC1CCN(C(=O)CCCOc2ccccc2Cl)CC1. The summed E-state index contributed by atoms with van der Waals surface area (Å²) in [6.07, 6.45) is 2.74. The van der Waals surface area contributed by atoms with E-state index in [1.54, 1.807) is 6.07 Å². The average Bonchev–Trinajstić information content (AvgIpc) is 2.65. The Balaban J connectivity index is 1.60. The molecule has 1 saturated heterocycles. The minimum Gasteiger partial charge on any atom is -0.492 e. The van der Waals surface area contributed by atoms with E-state index in [9.17, 15) is 9.59 Å². The molecule has 0 aliphatic carbocycles. The number of nitrogens with one attached hydrogen (secondary N) is 1. The van der Waals surface area contributed by atoms with Crippen molar-refractivity contribution in [3.63, 3.8) is 0 Å². The van der Waals surface area contributed by atoms with Gasteiger partial charge in [0.1, 0.15) is 12.2 Å². The fourth-order valence-electron chi connectivity index (χ4n) is 2.90. The van der Waals surface area contributed by atoms with Crippen LogP contribution in [0.5, 0.6) is 5.75 Å². The summed E-state index contributed by atoms with van der Waals surface area (Å²) in [6, 6.07) is 9.12. The van der Waals surface area contributed by atoms with Gasteiger partial charge < -0.3 is 15.0 Å². The number of nitrogens with zero attached hydrogens (tertiary/aromatic N) is 2. The molecule has 2 amide bonds. The third-order valence-corrected chi connectivity index (χ3v) is 4.74. The maximum atomic E-state index is 12.3. The summed E-state index contributed by atoms with van der Waals surface area (Å²) in [6.45, 7) is 2.46. The van der Waals surface area contributed by atoms with Crippen molar-refractivity contribution in [1.29, 1.82) is 5.26 Å². The van der Waals surface area contributed by atoms with Gasteiger partial charge in [-0.3, -0.25) is 9.59 Å². The smallest absolute Gasteiger partial charge is 0.234 e. The zero-order valence-electron chi connectivity index (χ0n) is 14.7. The van der Waals surface area contributed by atoms with Gasteiger partial charge in [0, 0.05) is 26.1 Å². The highest BCUT2D eigenvalue weighted by Gasteiger charge is 2.22. The molecule has 7 heteroatoms. The molecule has 1 heterocycles. The Morgan fingerprint density at radius 1 is 1.31 bits per heavy atom. The molecule has 0 radical (unpaired) electrons. The molecule has 26 heavy (non-hydrogen) atoms. The quantitative estimate of drug-likeness (QED) is 0.706. The second kappa shape index (κ2) is 10.7. The van der Waals surface area contributed by atoms with Gasteiger partial charge in [-0.25, -0.2) is 0 Å². The predicted octanol–water partition coefficient (Wildman–Crippen LogP) is 2.77. The number of hydrogen-bond donors (Lipinski definition) is 1. The van der Waals surface area contributed by atoms with E-state index in [-0.39, 0.29) is 18.2 Å². The largest absolute Gasteiger partial charge is 0.492 e. The third-order valence-electron chi connectivity index (χ3n) is 4.42. The summed E-state index contributed by atoms with van der Waals surface area (Å²) in [7, 11) is 0. The van der Waals surface area contributed by atoms with Crippen molar-refractivity contribution in [2.24, 2.45) is 5.92 Å². The summed E-state index contributed by atoms with van der Waals surface area (Å²) in [5.41, 5.74) is 0. The third kappa shape index (κ3) is 6.57. The van der Waals surface area contributed by atoms with Crippen LogP contribution in [0.4, 0.5) is 0 Å². The molecule has 1 aromatic carbocycles. The Morgan fingerprint density at radius 3 is 2.73 bits per heavy atom. The molecule has 0 spiro atoms. The van der Waals surface area contributed by atoms with E-state index >= 15 is 0 Å². The summed E-state index contributed by atoms with van der Waals surface area (Å²) < 4.78 is 5.60. The maximum Gasteiger partial charge on any atom is 0.234 e. The van der Waals surface area contributed by atoms with Crippen LogP contribution in [0.1, 0.15) is 32.1 Å². The second-order valence-corrected chi connectivity index (χ2v) is 6.75. The molecule has 1 fully saturated rings. The molecule has 6 nitrogen and oxygen atoms in total. The fraction of sp³-hybridized carbons (Fsp3) is 0.526. The second-order valence-electron chi connectivity index (χ2n) is 6.35. The van der Waals surface area contributed by atoms with Crippen LogP contribution in [-0.4, -0.2) is 43.0 Å². The minimum absolute atomic E-state index is 0.104. The molecule has 0 saturated carbocycles. The minimum atomic E-state index is -0.232. The van der Waals surface area contributed by atoms with E-state index in [0.29, 0.717) is 55.8 Å². The zero-order valence-corrected chi connectivity index (χ0v) is 15.5. The number of likely N-dealkylation sites (tertiary alicyclic amines) is 1. The Kier molecular flexibility index (Phi) is 8.23. The highest BCUT2D eigenvalue weighted by molar-refractivity contribution is 6.32. The standard InChI is InChI=1S/C19H24ClN3O3/c20-16-4-1-2-5-17(16)26-13-3-6-19(25)23-11-8-15(9-12-23)14-22-18(24)7-10-21/h1-2,4-5,15H,3,6-9,11-14H2,(H,22,24). The van der Waals surface area contributed by atoms with Gasteiger partial charge in [0.05, 0.1) is 17.7 Å². The number of ether oxygens (including phenoxy) is 1. The number of amides is 2. The lowest BCUT2D eigenvalue weighted by molar-refractivity contribution is -0.133. The van der Waals surface area contributed by atoms with Crippen LogP contribution in [0, 0.1) is 17.2 Å². The van der Waals surface area contributed by atoms with Gasteiger partial charge in [-0.2, -0.15) is 5.26 Å². The number of piperidine rings is 1. The molecule has 1 N–H and O–H groups in total. The van der Waals surface area contributed by atoms with Crippen molar-refractivity contribution >= 4 is 23.4 Å². The first-order valence-electron chi connectivity index (χ1n) is 8.89. The van der Waals surface area contributed by atoms with Crippen LogP contribution >= 0.6 is 11.6 Å². The van der Waals surface area contributed by atoms with Crippen molar-refractivity contribution in [2.45, 2.75) is 32.1 Å². The van der Waals surface area contributed by atoms with E-state index < -0.39 is 0 Å². The van der Waals surface area contributed by atoms with Crippen LogP contribution in [-0.2, 0) is 9.59 Å². The molecule has 0 unspecified atom stereocenters. The zero-order chi connectivity index (χ0) is 18.8. The van der Waals surface area contributed by atoms with Gasteiger partial charge in [-0.05, 0) is 37.3 Å². The monoisotopic (exact) mass is 377 g/mol. The molecule has 140 valence electrons. The summed E-state index contributed by atoms with van der Waals surface area (Å²) >= 11 is 6.02. The highest BCUT2D eigenvalue weighted by Crippen LogP contribution is 2.23. The van der Waals surface area contributed by atoms with E-state index in [2.05, 4.69) is 5.32 Å². The topological polar surface area (TPSA) is 82.4 Å². The van der Waals surface area contributed by atoms with Crippen LogP contribution < -0.4 is 10.1 Å². The van der Waals surface area contributed by atoms with Crippen LogP contribution in [0.15, 0.2) is 24.3 Å². The lowest BCUT2D eigenvalue weighted by atomic mass is 9.96. The van der Waals surface area contributed by atoms with Gasteiger partial charge in [0.15, 0.2) is 0 Å². The number of nitriles is 1. The van der Waals surface area contributed by atoms with E-state index in [1.165, 1.54) is 0 Å². The molecule has 1 aliphatic rings. The molecule has 0 bridgehead atoms. The lowest BCUT2D eigenvalue weighted by Crippen LogP contribution is -2.41. The molecule has 1 aliphatic heterocycles. The van der Waals surface area contributed by atoms with Crippen molar-refractivity contribution < 1.29 is 14.3 Å². The molecule has 2 rings (SSSR count). The Labute approximate surface area is 159 Å². The number of para-hydroxylation sites is 1. The Hall–Kier alpha value is -2.26. The number of benzene rings is 1. The van der Waals surface area contributed by atoms with Crippen LogP contribution in [0.3, 0.4) is 0 Å². The summed E-state index contributed by atoms with van der Waals surface area (Å²) in [5.74, 6) is 0.912. The van der Waals surface area contributed by atoms with Crippen molar-refractivity contribution in [3.05, 3.63) is 29.3 Å². The van der Waals surface area contributed by atoms with Gasteiger partial charge in [0.25, 0.3) is 0 Å². The lowest BCUT2D eigenvalue weighted by Gasteiger charge is -2.32. The number of carbonyl (C=O) groups is 2. The normalized spacial score (nSPS) is 14.5. The Morgan fingerprint density at radius 2 is 2.04 bits per heavy atom. The van der Waals surface area contributed by atoms with E-state index in [0.717, 1.165) is 12.8 Å². The van der Waals surface area contributed by atoms with Crippen LogP contribution in [0.2, 0.25) is 5.02 Å². The fourth-order valence-corrected chi connectivity index (χ4v) is 3.09. The predicted molar refractivity (Wildman–Crippen MR) is 98.7 cm³/mol. The summed E-state index contributed by atoms with van der Waals surface area (Å²) in [5, 5.41) is 11.8. The van der Waals surface area contributed by atoms with Crippen molar-refractivity contribution in [2.75, 3.05) is 26.2 Å². The van der Waals surface area contributed by atoms with Crippen molar-refractivity contribution in [1.82, 2.24) is 10.2 Å². The number of hydrogen-bond acceptors (Lipinski definition) is 4. The number of rotatable bonds is 8. The molecular weight excluding hydrogens is 354 g/mol. The number of halogens is 1. The van der Waals surface area contributed by atoms with E-state index in [4.69, 9.17) is 21.6 Å². The molecule has 0 atom stereocenters. The first-order valence-corrected chi connectivity index (χ1v) is 9.26. The first kappa shape index (κ1) is 20.1. The highest BCUT2D eigenvalue weighted by atomic mass is 35.5. The van der Waals surface area contributed by atoms with Crippen molar-refractivity contribution in [3.8, 4) is 11.8 Å². The molecule has 1 aromatic rings. The van der Waals surface area contributed by atoms with Gasteiger partial charge >= 0.3 is 0 Å². The summed E-state index contributed by atoms with van der Waals surface area (Å²) in [4.78, 5) is 25.5.